The molecule has 10 heteroatoms. The lowest BCUT2D eigenvalue weighted by Gasteiger charge is -2.34. The smallest absolute Gasteiger partial charge is 0.270 e. The van der Waals surface area contributed by atoms with Crippen LogP contribution in [0.2, 0.25) is 5.02 Å². The van der Waals surface area contributed by atoms with E-state index in [4.69, 9.17) is 23.1 Å². The summed E-state index contributed by atoms with van der Waals surface area (Å²) in [6.45, 7) is 9.65. The van der Waals surface area contributed by atoms with Crippen LogP contribution in [-0.4, -0.2) is 38.6 Å². The van der Waals surface area contributed by atoms with Crippen molar-refractivity contribution in [3.05, 3.63) is 45.4 Å². The van der Waals surface area contributed by atoms with E-state index in [2.05, 4.69) is 9.69 Å². The van der Waals surface area contributed by atoms with Crippen LogP contribution in [0.5, 0.6) is 0 Å². The third kappa shape index (κ3) is 6.43. The Balaban J connectivity index is 2.56. The summed E-state index contributed by atoms with van der Waals surface area (Å²) in [5, 5.41) is 3.44. The number of hydrogen-bond acceptors (Lipinski definition) is 6. The Kier molecular flexibility index (Phi) is 8.25. The molecule has 0 fully saturated rings. The minimum atomic E-state index is -0.820. The van der Waals surface area contributed by atoms with Crippen LogP contribution >= 0.6 is 23.1 Å². The summed E-state index contributed by atoms with van der Waals surface area (Å²) in [5.74, 6) is -1.50. The Morgan fingerprint density at radius 1 is 1.22 bits per heavy atom. The Morgan fingerprint density at radius 2 is 1.84 bits per heavy atom. The van der Waals surface area contributed by atoms with Gasteiger partial charge in [-0.15, -0.1) is 0 Å². The van der Waals surface area contributed by atoms with E-state index >= 15 is 0 Å². The van der Waals surface area contributed by atoms with E-state index in [1.807, 2.05) is 40.7 Å². The lowest BCUT2D eigenvalue weighted by molar-refractivity contribution is -0.127. The molecule has 1 heterocycles. The number of nitrogens with one attached hydrogen (secondary N) is 1. The number of nitrogen functional groups attached to an aromatic ring is 1. The molecule has 2 rings (SSSR count). The number of halogens is 1. The lowest BCUT2D eigenvalue weighted by atomic mass is 9.98. The normalized spacial score (nSPS) is 12.5. The summed E-state index contributed by atoms with van der Waals surface area (Å²) in [7, 11) is 0. The molecule has 0 aliphatic carbocycles. The van der Waals surface area contributed by atoms with E-state index in [-0.39, 0.29) is 34.6 Å². The van der Waals surface area contributed by atoms with Crippen molar-refractivity contribution in [1.29, 1.82) is 0 Å². The summed E-state index contributed by atoms with van der Waals surface area (Å²) in [6.07, 6.45) is 0.416. The van der Waals surface area contributed by atoms with Gasteiger partial charge in [0.15, 0.2) is 5.69 Å². The van der Waals surface area contributed by atoms with Crippen molar-refractivity contribution < 1.29 is 14.4 Å². The number of nitrogens with two attached hydrogens (primary N) is 2. The predicted octanol–water partition coefficient (Wildman–Crippen LogP) is 3.45. The van der Waals surface area contributed by atoms with Crippen molar-refractivity contribution >= 4 is 46.5 Å². The van der Waals surface area contributed by atoms with E-state index < -0.39 is 23.4 Å². The summed E-state index contributed by atoms with van der Waals surface area (Å²) >= 11 is 7.14. The molecule has 0 unspecified atom stereocenters. The van der Waals surface area contributed by atoms with Crippen LogP contribution in [0.25, 0.3) is 0 Å². The number of benzene rings is 1. The maximum Gasteiger partial charge on any atom is 0.270 e. The predicted molar refractivity (Wildman–Crippen MR) is 128 cm³/mol. The van der Waals surface area contributed by atoms with Crippen LogP contribution in [0.1, 0.15) is 66.8 Å². The van der Waals surface area contributed by atoms with Crippen LogP contribution < -0.4 is 16.8 Å². The van der Waals surface area contributed by atoms with Crippen molar-refractivity contribution in [2.24, 2.45) is 11.7 Å². The number of carbonyl (C=O) groups is 3. The molecule has 0 aliphatic heterocycles. The van der Waals surface area contributed by atoms with Crippen molar-refractivity contribution in [2.45, 2.75) is 59.2 Å². The van der Waals surface area contributed by atoms with Crippen molar-refractivity contribution in [3.8, 4) is 0 Å². The third-order valence-electron chi connectivity index (χ3n) is 4.59. The molecule has 1 atom stereocenters. The summed E-state index contributed by atoms with van der Waals surface area (Å²) < 4.78 is 3.94. The zero-order valence-electron chi connectivity index (χ0n) is 18.9. The Labute approximate surface area is 197 Å². The number of aromatic nitrogens is 1. The monoisotopic (exact) mass is 479 g/mol. The zero-order chi connectivity index (χ0) is 24.2. The molecule has 0 aliphatic rings. The second kappa shape index (κ2) is 10.3. The minimum absolute atomic E-state index is 0.0585. The summed E-state index contributed by atoms with van der Waals surface area (Å²) in [5.41, 5.74) is 11.3. The van der Waals surface area contributed by atoms with Crippen molar-refractivity contribution in [3.63, 3.8) is 0 Å². The highest BCUT2D eigenvalue weighted by Gasteiger charge is 2.35. The molecule has 2 aromatic rings. The van der Waals surface area contributed by atoms with Gasteiger partial charge in [0, 0.05) is 17.1 Å². The molecule has 0 radical (unpaired) electrons. The standard InChI is InChI=1S/C22H30ClN5O3S/c1-12(2)10-15(20(30)26-22(3,4)5)28(11-13-8-6-7-9-14(13)23)21(31)18-16(24)17(19(25)29)27-32-18/h6-9,12,15H,10-11,24H2,1-5H3,(H2,25,29)(H,26,30)/t15-/m1/s1. The van der Waals surface area contributed by atoms with Crippen molar-refractivity contribution in [1.82, 2.24) is 14.6 Å². The van der Waals surface area contributed by atoms with Crippen LogP contribution in [-0.2, 0) is 11.3 Å². The van der Waals surface area contributed by atoms with Gasteiger partial charge >= 0.3 is 0 Å². The van der Waals surface area contributed by atoms with Crippen molar-refractivity contribution in [2.75, 3.05) is 5.73 Å². The highest BCUT2D eigenvalue weighted by molar-refractivity contribution is 7.09. The molecule has 0 spiro atoms. The quantitative estimate of drug-likeness (QED) is 0.533. The first kappa shape index (κ1) is 25.6. The first-order chi connectivity index (χ1) is 14.8. The average Bonchev–Trinajstić information content (AvgIpc) is 3.05. The Bertz CT molecular complexity index is 1000. The molecule has 0 saturated heterocycles. The molecule has 3 amide bonds. The third-order valence-corrected chi connectivity index (χ3v) is 5.81. The zero-order valence-corrected chi connectivity index (χ0v) is 20.5. The maximum atomic E-state index is 13.7. The number of hydrogen-bond donors (Lipinski definition) is 3. The molecular formula is C22H30ClN5O3S. The van der Waals surface area contributed by atoms with Crippen LogP contribution in [0.15, 0.2) is 24.3 Å². The lowest BCUT2D eigenvalue weighted by Crippen LogP contribution is -2.54. The minimum Gasteiger partial charge on any atom is -0.395 e. The van der Waals surface area contributed by atoms with E-state index in [0.717, 1.165) is 11.5 Å². The number of anilines is 1. The highest BCUT2D eigenvalue weighted by Crippen LogP contribution is 2.28. The van der Waals surface area contributed by atoms with E-state index in [0.29, 0.717) is 17.0 Å². The molecule has 174 valence electrons. The van der Waals surface area contributed by atoms with Gasteiger partial charge in [-0.2, -0.15) is 4.37 Å². The van der Waals surface area contributed by atoms with Gasteiger partial charge < -0.3 is 21.7 Å². The fraction of sp³-hybridized carbons (Fsp3) is 0.455. The maximum absolute atomic E-state index is 13.7. The first-order valence-electron chi connectivity index (χ1n) is 10.2. The molecule has 32 heavy (non-hydrogen) atoms. The Morgan fingerprint density at radius 3 is 2.34 bits per heavy atom. The van der Waals surface area contributed by atoms with Gasteiger partial charge in [-0.1, -0.05) is 43.6 Å². The van der Waals surface area contributed by atoms with Gasteiger partial charge in [0.2, 0.25) is 5.91 Å². The van der Waals surface area contributed by atoms with E-state index in [1.165, 1.54) is 4.90 Å². The fourth-order valence-corrected chi connectivity index (χ4v) is 4.13. The molecule has 0 saturated carbocycles. The largest absolute Gasteiger partial charge is 0.395 e. The molecule has 0 bridgehead atoms. The Hall–Kier alpha value is -2.65. The van der Waals surface area contributed by atoms with Gasteiger partial charge in [-0.3, -0.25) is 14.4 Å². The first-order valence-corrected chi connectivity index (χ1v) is 11.4. The van der Waals surface area contributed by atoms with Crippen LogP contribution in [0.4, 0.5) is 5.69 Å². The topological polar surface area (TPSA) is 131 Å². The van der Waals surface area contributed by atoms with Gasteiger partial charge in [-0.25, -0.2) is 0 Å². The summed E-state index contributed by atoms with van der Waals surface area (Å²) in [4.78, 5) is 40.0. The molecule has 8 nitrogen and oxygen atoms in total. The fourth-order valence-electron chi connectivity index (χ4n) is 3.17. The molecule has 5 N–H and O–H groups in total. The second-order valence-corrected chi connectivity index (χ2v) is 10.2. The molecular weight excluding hydrogens is 450 g/mol. The summed E-state index contributed by atoms with van der Waals surface area (Å²) in [6, 6.07) is 6.32. The second-order valence-electron chi connectivity index (χ2n) is 9.05. The van der Waals surface area contributed by atoms with Crippen LogP contribution in [0.3, 0.4) is 0 Å². The number of rotatable bonds is 8. The SMILES string of the molecule is CC(C)C[C@H](C(=O)NC(C)(C)C)N(Cc1ccccc1Cl)C(=O)c1snc(C(N)=O)c1N. The molecule has 1 aromatic heterocycles. The number of carbonyl (C=O) groups excluding carboxylic acids is 3. The van der Waals surface area contributed by atoms with E-state index in [9.17, 15) is 14.4 Å². The highest BCUT2D eigenvalue weighted by atomic mass is 35.5. The van der Waals surface area contributed by atoms with Gasteiger partial charge in [0.05, 0.1) is 5.69 Å². The van der Waals surface area contributed by atoms with Crippen LogP contribution in [0, 0.1) is 5.92 Å². The number of amides is 3. The number of primary amides is 1. The van der Waals surface area contributed by atoms with Gasteiger partial charge in [0.1, 0.15) is 10.9 Å². The molecule has 1 aromatic carbocycles. The van der Waals surface area contributed by atoms with Gasteiger partial charge in [-0.05, 0) is 56.3 Å². The average molecular weight is 480 g/mol. The number of nitrogens with zero attached hydrogens (tertiary/aromatic N) is 2. The van der Waals surface area contributed by atoms with E-state index in [1.54, 1.807) is 18.2 Å². The van der Waals surface area contributed by atoms with Gasteiger partial charge in [0.25, 0.3) is 11.8 Å².